The summed E-state index contributed by atoms with van der Waals surface area (Å²) in [5.41, 5.74) is 5.36. The maximum atomic E-state index is 12.2. The third-order valence-electron chi connectivity index (χ3n) is 4.99. The summed E-state index contributed by atoms with van der Waals surface area (Å²) in [5, 5.41) is 3.68. The molecule has 4 rings (SSSR count). The van der Waals surface area contributed by atoms with Crippen molar-refractivity contribution < 1.29 is 9.53 Å². The van der Waals surface area contributed by atoms with Gasteiger partial charge in [0.05, 0.1) is 5.56 Å². The van der Waals surface area contributed by atoms with Crippen LogP contribution in [0.2, 0.25) is 5.15 Å². The molecular weight excluding hydrogens is 430 g/mol. The molecule has 1 amide bonds. The topological polar surface area (TPSA) is 64.1 Å². The van der Waals surface area contributed by atoms with Crippen LogP contribution in [-0.2, 0) is 4.74 Å². The van der Waals surface area contributed by atoms with E-state index < -0.39 is 6.09 Å². The monoisotopic (exact) mass is 449 g/mol. The van der Waals surface area contributed by atoms with Gasteiger partial charge in [-0.25, -0.2) is 14.8 Å². The molecule has 0 spiro atoms. The SMILES string of the molecule is CSc1ncc(C#CCCNC(=O)OCC2c3ccccc3-c3ccccc32)c(Cl)n1. The lowest BCUT2D eigenvalue weighted by Crippen LogP contribution is -2.26. The Labute approximate surface area is 190 Å². The van der Waals surface area contributed by atoms with Gasteiger partial charge in [0.25, 0.3) is 0 Å². The molecule has 1 aromatic heterocycles. The number of benzene rings is 2. The first-order valence-corrected chi connectivity index (χ1v) is 11.4. The molecular formula is C24H20ClN3O2S. The number of carbonyl (C=O) groups is 1. The van der Waals surface area contributed by atoms with Gasteiger partial charge in [-0.3, -0.25) is 0 Å². The number of nitrogens with one attached hydrogen (secondary N) is 1. The molecule has 1 N–H and O–H groups in total. The minimum Gasteiger partial charge on any atom is -0.449 e. The minimum atomic E-state index is -0.450. The molecule has 0 saturated heterocycles. The molecule has 1 aliphatic rings. The third kappa shape index (κ3) is 4.84. The van der Waals surface area contributed by atoms with Gasteiger partial charge in [-0.15, -0.1) is 0 Å². The summed E-state index contributed by atoms with van der Waals surface area (Å²) in [6, 6.07) is 16.5. The van der Waals surface area contributed by atoms with Gasteiger partial charge in [-0.1, -0.05) is 83.7 Å². The number of thioether (sulfide) groups is 1. The van der Waals surface area contributed by atoms with Crippen molar-refractivity contribution in [3.8, 4) is 23.0 Å². The van der Waals surface area contributed by atoms with Gasteiger partial charge in [0.1, 0.15) is 11.8 Å². The van der Waals surface area contributed by atoms with Crippen LogP contribution in [0.3, 0.4) is 0 Å². The van der Waals surface area contributed by atoms with Crippen molar-refractivity contribution in [1.29, 1.82) is 0 Å². The molecule has 5 nitrogen and oxygen atoms in total. The molecule has 2 aromatic carbocycles. The van der Waals surface area contributed by atoms with Crippen LogP contribution in [-0.4, -0.2) is 35.5 Å². The standard InChI is InChI=1S/C24H20ClN3O2S/c1-31-23-27-14-16(22(25)28-23)8-6-7-13-26-24(29)30-15-21-19-11-4-2-9-17(19)18-10-3-5-12-20(18)21/h2-5,9-12,14,21H,7,13,15H2,1H3,(H,26,29). The number of nitrogens with zero attached hydrogens (tertiary/aromatic N) is 2. The Morgan fingerprint density at radius 1 is 1.16 bits per heavy atom. The van der Waals surface area contributed by atoms with Gasteiger partial charge in [-0.05, 0) is 28.5 Å². The van der Waals surface area contributed by atoms with Crippen LogP contribution in [0, 0.1) is 11.8 Å². The number of carbonyl (C=O) groups excluding carboxylic acids is 1. The lowest BCUT2D eigenvalue weighted by molar-refractivity contribution is 0.143. The summed E-state index contributed by atoms with van der Waals surface area (Å²) in [6.45, 7) is 0.672. The second kappa shape index (κ2) is 9.86. The quantitative estimate of drug-likeness (QED) is 0.192. The Morgan fingerprint density at radius 3 is 2.48 bits per heavy atom. The Balaban J connectivity index is 1.28. The van der Waals surface area contributed by atoms with Crippen LogP contribution in [0.5, 0.6) is 0 Å². The maximum absolute atomic E-state index is 12.2. The van der Waals surface area contributed by atoms with E-state index in [4.69, 9.17) is 16.3 Å². The van der Waals surface area contributed by atoms with Crippen LogP contribution in [0.1, 0.15) is 29.0 Å². The summed E-state index contributed by atoms with van der Waals surface area (Å²) < 4.78 is 5.51. The molecule has 0 bridgehead atoms. The zero-order valence-corrected chi connectivity index (χ0v) is 18.5. The molecule has 0 unspecified atom stereocenters. The van der Waals surface area contributed by atoms with Gasteiger partial charge in [0.2, 0.25) is 0 Å². The number of aromatic nitrogens is 2. The average Bonchev–Trinajstić information content (AvgIpc) is 3.12. The number of halogens is 1. The van der Waals surface area contributed by atoms with E-state index in [9.17, 15) is 4.79 Å². The molecule has 156 valence electrons. The molecule has 3 aromatic rings. The largest absolute Gasteiger partial charge is 0.449 e. The van der Waals surface area contributed by atoms with Gasteiger partial charge in [0, 0.05) is 25.1 Å². The van der Waals surface area contributed by atoms with E-state index in [-0.39, 0.29) is 5.92 Å². The molecule has 31 heavy (non-hydrogen) atoms. The van der Waals surface area contributed by atoms with Crippen molar-refractivity contribution in [1.82, 2.24) is 15.3 Å². The summed E-state index contributed by atoms with van der Waals surface area (Å²) in [5.74, 6) is 5.94. The van der Waals surface area contributed by atoms with Crippen molar-refractivity contribution in [2.24, 2.45) is 0 Å². The fourth-order valence-electron chi connectivity index (χ4n) is 3.56. The second-order valence-electron chi connectivity index (χ2n) is 6.87. The van der Waals surface area contributed by atoms with Crippen molar-refractivity contribution in [3.63, 3.8) is 0 Å². The molecule has 1 heterocycles. The van der Waals surface area contributed by atoms with E-state index in [1.54, 1.807) is 6.20 Å². The van der Waals surface area contributed by atoms with Crippen molar-refractivity contribution in [3.05, 3.63) is 76.6 Å². The first kappa shape index (κ1) is 21.2. The molecule has 0 radical (unpaired) electrons. The molecule has 0 aliphatic heterocycles. The lowest BCUT2D eigenvalue weighted by atomic mass is 9.98. The van der Waals surface area contributed by atoms with Crippen LogP contribution < -0.4 is 5.32 Å². The first-order valence-electron chi connectivity index (χ1n) is 9.81. The smallest absolute Gasteiger partial charge is 0.407 e. The predicted octanol–water partition coefficient (Wildman–Crippen LogP) is 5.13. The third-order valence-corrected chi connectivity index (χ3v) is 5.84. The Kier molecular flexibility index (Phi) is 6.76. The van der Waals surface area contributed by atoms with Gasteiger partial charge in [-0.2, -0.15) is 0 Å². The number of amides is 1. The van der Waals surface area contributed by atoms with E-state index in [1.807, 2.05) is 30.5 Å². The number of alkyl carbamates (subject to hydrolysis) is 1. The highest BCUT2D eigenvalue weighted by molar-refractivity contribution is 7.98. The average molecular weight is 450 g/mol. The molecule has 0 saturated carbocycles. The van der Waals surface area contributed by atoms with Crippen molar-refractivity contribution >= 4 is 29.5 Å². The van der Waals surface area contributed by atoms with Gasteiger partial charge >= 0.3 is 6.09 Å². The molecule has 7 heteroatoms. The minimum absolute atomic E-state index is 0.0457. The number of ether oxygens (including phenoxy) is 1. The number of hydrogen-bond acceptors (Lipinski definition) is 5. The first-order chi connectivity index (χ1) is 15.2. The van der Waals surface area contributed by atoms with E-state index in [2.05, 4.69) is 51.4 Å². The normalized spacial score (nSPS) is 11.8. The number of hydrogen-bond donors (Lipinski definition) is 1. The summed E-state index contributed by atoms with van der Waals surface area (Å²) in [4.78, 5) is 20.4. The Bertz CT molecular complexity index is 1130. The fourth-order valence-corrected chi connectivity index (χ4v) is 4.13. The van der Waals surface area contributed by atoms with Crippen molar-refractivity contribution in [2.75, 3.05) is 19.4 Å². The zero-order chi connectivity index (χ0) is 21.6. The van der Waals surface area contributed by atoms with E-state index in [0.717, 1.165) is 0 Å². The zero-order valence-electron chi connectivity index (χ0n) is 16.9. The molecule has 0 atom stereocenters. The Hall–Kier alpha value is -3.01. The van der Waals surface area contributed by atoms with Crippen LogP contribution in [0.25, 0.3) is 11.1 Å². The lowest BCUT2D eigenvalue weighted by Gasteiger charge is -2.14. The van der Waals surface area contributed by atoms with E-state index >= 15 is 0 Å². The summed E-state index contributed by atoms with van der Waals surface area (Å²) in [7, 11) is 0. The van der Waals surface area contributed by atoms with Gasteiger partial charge < -0.3 is 10.1 Å². The summed E-state index contributed by atoms with van der Waals surface area (Å²) >= 11 is 7.51. The highest BCUT2D eigenvalue weighted by Crippen LogP contribution is 2.44. The highest BCUT2D eigenvalue weighted by Gasteiger charge is 2.28. The summed E-state index contributed by atoms with van der Waals surface area (Å²) in [6.07, 6.45) is 3.50. The fraction of sp³-hybridized carbons (Fsp3) is 0.208. The highest BCUT2D eigenvalue weighted by atomic mass is 35.5. The number of fused-ring (bicyclic) bond motifs is 3. The van der Waals surface area contributed by atoms with E-state index in [1.165, 1.54) is 34.0 Å². The maximum Gasteiger partial charge on any atom is 0.407 e. The van der Waals surface area contributed by atoms with Crippen LogP contribution in [0.4, 0.5) is 4.79 Å². The van der Waals surface area contributed by atoms with Crippen LogP contribution in [0.15, 0.2) is 59.9 Å². The van der Waals surface area contributed by atoms with Crippen molar-refractivity contribution in [2.45, 2.75) is 17.5 Å². The Morgan fingerprint density at radius 2 is 1.84 bits per heavy atom. The predicted molar refractivity (Wildman–Crippen MR) is 123 cm³/mol. The second-order valence-corrected chi connectivity index (χ2v) is 8.00. The van der Waals surface area contributed by atoms with Gasteiger partial charge in [0.15, 0.2) is 5.16 Å². The molecule has 1 aliphatic carbocycles. The molecule has 0 fully saturated rings. The van der Waals surface area contributed by atoms with Crippen LogP contribution >= 0.6 is 23.4 Å². The number of rotatable bonds is 5. The van der Waals surface area contributed by atoms with E-state index in [0.29, 0.717) is 35.4 Å².